The molecule has 1 aliphatic rings. The van der Waals surface area contributed by atoms with Crippen LogP contribution in [0.1, 0.15) is 34.5 Å². The van der Waals surface area contributed by atoms with Gasteiger partial charge < -0.3 is 15.5 Å². The highest BCUT2D eigenvalue weighted by Crippen LogP contribution is 2.30. The number of hydrogen-bond donors (Lipinski definition) is 2. The highest BCUT2D eigenvalue weighted by molar-refractivity contribution is 7.14. The average Bonchev–Trinajstić information content (AvgIpc) is 3.48. The molecule has 1 aromatic heterocycles. The van der Waals surface area contributed by atoms with Crippen LogP contribution in [0.2, 0.25) is 5.02 Å². The van der Waals surface area contributed by atoms with E-state index < -0.39 is 23.7 Å². The van der Waals surface area contributed by atoms with Crippen molar-refractivity contribution in [2.45, 2.75) is 31.6 Å². The van der Waals surface area contributed by atoms with Crippen LogP contribution in [0.3, 0.4) is 0 Å². The number of halogens is 4. The van der Waals surface area contributed by atoms with Crippen molar-refractivity contribution in [3.63, 3.8) is 0 Å². The summed E-state index contributed by atoms with van der Waals surface area (Å²) in [6.07, 6.45) is -3.35. The van der Waals surface area contributed by atoms with Crippen molar-refractivity contribution in [2.24, 2.45) is 0 Å². The fourth-order valence-corrected chi connectivity index (χ4v) is 4.58. The molecule has 0 saturated carbocycles. The van der Waals surface area contributed by atoms with Crippen molar-refractivity contribution >= 4 is 45.6 Å². The summed E-state index contributed by atoms with van der Waals surface area (Å²) in [6, 6.07) is 11.2. The SMILES string of the molecule is O=C(NCc1cccc(C(F)(F)F)c1)[C@H]1CCCN1C(=O)c1csc(Nc2ccccc2Cl)n1. The number of hydrogen-bond acceptors (Lipinski definition) is 5. The first-order chi connectivity index (χ1) is 16.2. The van der Waals surface area contributed by atoms with E-state index in [0.29, 0.717) is 40.8 Å². The smallest absolute Gasteiger partial charge is 0.350 e. The maximum absolute atomic E-state index is 13.0. The number of carbonyl (C=O) groups excluding carboxylic acids is 2. The minimum atomic E-state index is -4.46. The Balaban J connectivity index is 1.39. The predicted molar refractivity (Wildman–Crippen MR) is 124 cm³/mol. The first-order valence-corrected chi connectivity index (χ1v) is 11.7. The van der Waals surface area contributed by atoms with Gasteiger partial charge in [-0.25, -0.2) is 4.98 Å². The summed E-state index contributed by atoms with van der Waals surface area (Å²) in [5.74, 6) is -0.784. The number of carbonyl (C=O) groups is 2. The van der Waals surface area contributed by atoms with Crippen LogP contribution in [0.25, 0.3) is 0 Å². The standard InChI is InChI=1S/C23H20ClF3N4O2S/c24-16-7-1-2-8-17(16)29-22-30-18(13-34-22)21(33)31-10-4-9-19(31)20(32)28-12-14-5-3-6-15(11-14)23(25,26)27/h1-3,5-8,11,13,19H,4,9-10,12H2,(H,28,32)(H,29,30)/t19-/m1/s1. The van der Waals surface area contributed by atoms with Crippen LogP contribution >= 0.6 is 22.9 Å². The molecule has 178 valence electrons. The van der Waals surface area contributed by atoms with Crippen molar-refractivity contribution in [2.75, 3.05) is 11.9 Å². The van der Waals surface area contributed by atoms with Gasteiger partial charge in [-0.15, -0.1) is 11.3 Å². The molecule has 0 bridgehead atoms. The number of anilines is 2. The van der Waals surface area contributed by atoms with Gasteiger partial charge in [-0.3, -0.25) is 9.59 Å². The van der Waals surface area contributed by atoms with Crippen LogP contribution in [0.4, 0.5) is 24.0 Å². The summed E-state index contributed by atoms with van der Waals surface area (Å²) >= 11 is 7.38. The zero-order valence-corrected chi connectivity index (χ0v) is 19.3. The first kappa shape index (κ1) is 24.0. The fourth-order valence-electron chi connectivity index (χ4n) is 3.70. The number of thiazole rings is 1. The summed E-state index contributed by atoms with van der Waals surface area (Å²) in [5.41, 5.74) is 0.415. The largest absolute Gasteiger partial charge is 0.416 e. The third-order valence-corrected chi connectivity index (χ3v) is 6.46. The van der Waals surface area contributed by atoms with Crippen LogP contribution in [-0.4, -0.2) is 34.3 Å². The van der Waals surface area contributed by atoms with Gasteiger partial charge in [-0.1, -0.05) is 35.9 Å². The Morgan fingerprint density at radius 1 is 1.18 bits per heavy atom. The van der Waals surface area contributed by atoms with E-state index in [9.17, 15) is 22.8 Å². The van der Waals surface area contributed by atoms with Gasteiger partial charge in [-0.05, 0) is 42.7 Å². The molecule has 4 rings (SSSR count). The Morgan fingerprint density at radius 2 is 1.97 bits per heavy atom. The third kappa shape index (κ3) is 5.51. The minimum Gasteiger partial charge on any atom is -0.350 e. The number of aromatic nitrogens is 1. The second-order valence-electron chi connectivity index (χ2n) is 7.72. The molecule has 0 spiro atoms. The van der Waals surface area contributed by atoms with Crippen molar-refractivity contribution in [3.8, 4) is 0 Å². The molecule has 11 heteroatoms. The average molecular weight is 509 g/mol. The van der Waals surface area contributed by atoms with Gasteiger partial charge in [0, 0.05) is 18.5 Å². The van der Waals surface area contributed by atoms with Crippen LogP contribution in [0.5, 0.6) is 0 Å². The maximum atomic E-state index is 13.0. The second kappa shape index (κ2) is 10.0. The lowest BCUT2D eigenvalue weighted by Gasteiger charge is -2.23. The molecule has 1 fully saturated rings. The van der Waals surface area contributed by atoms with Gasteiger partial charge >= 0.3 is 6.18 Å². The van der Waals surface area contributed by atoms with Gasteiger partial charge in [-0.2, -0.15) is 13.2 Å². The van der Waals surface area contributed by atoms with E-state index in [1.54, 1.807) is 23.6 Å². The van der Waals surface area contributed by atoms with Gasteiger partial charge in [0.25, 0.3) is 5.91 Å². The Labute approximate surface area is 202 Å². The quantitative estimate of drug-likeness (QED) is 0.462. The molecule has 1 aliphatic heterocycles. The molecule has 3 aromatic rings. The number of para-hydroxylation sites is 1. The third-order valence-electron chi connectivity index (χ3n) is 5.38. The molecule has 0 radical (unpaired) electrons. The first-order valence-electron chi connectivity index (χ1n) is 10.4. The number of likely N-dealkylation sites (tertiary alicyclic amines) is 1. The molecular weight excluding hydrogens is 489 g/mol. The fraction of sp³-hybridized carbons (Fsp3) is 0.261. The molecule has 34 heavy (non-hydrogen) atoms. The molecule has 0 unspecified atom stereocenters. The normalized spacial score (nSPS) is 15.9. The van der Waals surface area contributed by atoms with E-state index in [1.165, 1.54) is 28.4 Å². The lowest BCUT2D eigenvalue weighted by molar-refractivity contribution is -0.137. The molecule has 1 atom stereocenters. The highest BCUT2D eigenvalue weighted by Gasteiger charge is 2.35. The van der Waals surface area contributed by atoms with Crippen molar-refractivity contribution in [3.05, 3.63) is 75.8 Å². The number of nitrogens with zero attached hydrogens (tertiary/aromatic N) is 2. The number of benzene rings is 2. The second-order valence-corrected chi connectivity index (χ2v) is 8.98. The summed E-state index contributed by atoms with van der Waals surface area (Å²) < 4.78 is 38.7. The number of rotatable bonds is 6. The van der Waals surface area contributed by atoms with E-state index >= 15 is 0 Å². The van der Waals surface area contributed by atoms with Gasteiger partial charge in [0.1, 0.15) is 11.7 Å². The Hall–Kier alpha value is -3.11. The van der Waals surface area contributed by atoms with E-state index in [4.69, 9.17) is 11.6 Å². The van der Waals surface area contributed by atoms with Crippen LogP contribution in [-0.2, 0) is 17.5 Å². The number of alkyl halides is 3. The van der Waals surface area contributed by atoms with E-state index in [0.717, 1.165) is 12.1 Å². The Bertz CT molecular complexity index is 1200. The molecule has 2 aromatic carbocycles. The molecule has 6 nitrogen and oxygen atoms in total. The van der Waals surface area contributed by atoms with Gasteiger partial charge in [0.05, 0.1) is 16.3 Å². The molecule has 0 aliphatic carbocycles. The summed E-state index contributed by atoms with van der Waals surface area (Å²) in [7, 11) is 0. The van der Waals surface area contributed by atoms with Crippen molar-refractivity contribution < 1.29 is 22.8 Å². The topological polar surface area (TPSA) is 74.3 Å². The summed E-state index contributed by atoms with van der Waals surface area (Å²) in [6.45, 7) is 0.329. The lowest BCUT2D eigenvalue weighted by atomic mass is 10.1. The van der Waals surface area contributed by atoms with Crippen molar-refractivity contribution in [1.82, 2.24) is 15.2 Å². The molecular formula is C23H20ClF3N4O2S. The minimum absolute atomic E-state index is 0.0656. The molecule has 2 N–H and O–H groups in total. The van der Waals surface area contributed by atoms with Crippen molar-refractivity contribution in [1.29, 1.82) is 0 Å². The summed E-state index contributed by atoms with van der Waals surface area (Å²) in [5, 5.41) is 8.34. The zero-order chi connectivity index (χ0) is 24.3. The Morgan fingerprint density at radius 3 is 2.74 bits per heavy atom. The lowest BCUT2D eigenvalue weighted by Crippen LogP contribution is -2.45. The molecule has 1 saturated heterocycles. The van der Waals surface area contributed by atoms with E-state index in [2.05, 4.69) is 15.6 Å². The van der Waals surface area contributed by atoms with Gasteiger partial charge in [0.2, 0.25) is 5.91 Å². The number of nitrogens with one attached hydrogen (secondary N) is 2. The van der Waals surface area contributed by atoms with Gasteiger partial charge in [0.15, 0.2) is 5.13 Å². The number of amides is 2. The monoisotopic (exact) mass is 508 g/mol. The molecule has 2 heterocycles. The maximum Gasteiger partial charge on any atom is 0.416 e. The Kier molecular flexibility index (Phi) is 7.08. The van der Waals surface area contributed by atoms with E-state index in [1.807, 2.05) is 6.07 Å². The highest BCUT2D eigenvalue weighted by atomic mass is 35.5. The van der Waals surface area contributed by atoms with E-state index in [-0.39, 0.29) is 18.1 Å². The van der Waals surface area contributed by atoms with Crippen LogP contribution < -0.4 is 10.6 Å². The summed E-state index contributed by atoms with van der Waals surface area (Å²) in [4.78, 5) is 31.6. The molecule has 2 amide bonds. The predicted octanol–water partition coefficient (Wildman–Crippen LogP) is 5.48. The zero-order valence-electron chi connectivity index (χ0n) is 17.7. The van der Waals surface area contributed by atoms with Crippen LogP contribution in [0, 0.1) is 0 Å². The van der Waals surface area contributed by atoms with Crippen LogP contribution in [0.15, 0.2) is 53.9 Å².